The van der Waals surface area contributed by atoms with E-state index >= 15 is 0 Å². The molecule has 0 fully saturated rings. The highest BCUT2D eigenvalue weighted by molar-refractivity contribution is 7.17. The van der Waals surface area contributed by atoms with E-state index < -0.39 is 0 Å². The van der Waals surface area contributed by atoms with Gasteiger partial charge in [-0.15, -0.1) is 11.3 Å². The maximum absolute atomic E-state index is 6.44. The van der Waals surface area contributed by atoms with E-state index in [0.29, 0.717) is 0 Å². The van der Waals surface area contributed by atoms with Crippen LogP contribution in [-0.2, 0) is 0 Å². The van der Waals surface area contributed by atoms with Crippen molar-refractivity contribution in [3.8, 4) is 11.1 Å². The van der Waals surface area contributed by atoms with Gasteiger partial charge >= 0.3 is 0 Å². The fourth-order valence-electron chi connectivity index (χ4n) is 4.77. The van der Waals surface area contributed by atoms with E-state index in [4.69, 9.17) is 4.42 Å². The first kappa shape index (κ1) is 16.2. The smallest absolute Gasteiger partial charge is 0.143 e. The van der Waals surface area contributed by atoms with Crippen molar-refractivity contribution >= 4 is 64.9 Å². The SMILES string of the molecule is c1ccc2c(c1)cc(-c1csc3ccccc13)c1ccc3c4ccccc4oc3c12. The lowest BCUT2D eigenvalue weighted by atomic mass is 9.92. The zero-order chi connectivity index (χ0) is 19.7. The molecule has 1 nitrogen and oxygen atoms in total. The van der Waals surface area contributed by atoms with Gasteiger partial charge in [0.2, 0.25) is 0 Å². The van der Waals surface area contributed by atoms with Crippen molar-refractivity contribution < 1.29 is 4.42 Å². The van der Waals surface area contributed by atoms with Crippen LogP contribution in [0.1, 0.15) is 0 Å². The largest absolute Gasteiger partial charge is 0.455 e. The molecule has 140 valence electrons. The van der Waals surface area contributed by atoms with Crippen LogP contribution in [0.2, 0.25) is 0 Å². The Kier molecular flexibility index (Phi) is 3.21. The maximum Gasteiger partial charge on any atom is 0.143 e. The first-order valence-electron chi connectivity index (χ1n) is 10.1. The summed E-state index contributed by atoms with van der Waals surface area (Å²) in [5.41, 5.74) is 4.48. The minimum absolute atomic E-state index is 0.940. The van der Waals surface area contributed by atoms with Gasteiger partial charge in [0, 0.05) is 31.8 Å². The molecular weight excluding hydrogens is 384 g/mol. The predicted octanol–water partition coefficient (Wildman–Crippen LogP) is 8.77. The Bertz CT molecular complexity index is 1750. The minimum Gasteiger partial charge on any atom is -0.455 e. The molecule has 7 aromatic rings. The molecule has 0 aliphatic heterocycles. The van der Waals surface area contributed by atoms with Crippen LogP contribution < -0.4 is 0 Å². The fraction of sp³-hybridized carbons (Fsp3) is 0. The van der Waals surface area contributed by atoms with E-state index in [0.717, 1.165) is 11.2 Å². The summed E-state index contributed by atoms with van der Waals surface area (Å²) in [6.07, 6.45) is 0. The molecule has 0 N–H and O–H groups in total. The second-order valence-corrected chi connectivity index (χ2v) is 8.67. The second kappa shape index (κ2) is 5.94. The number of rotatable bonds is 1. The van der Waals surface area contributed by atoms with Crippen molar-refractivity contribution in [2.75, 3.05) is 0 Å². The zero-order valence-electron chi connectivity index (χ0n) is 16.1. The molecule has 2 heteroatoms. The van der Waals surface area contributed by atoms with Crippen molar-refractivity contribution in [3.05, 3.63) is 96.4 Å². The summed E-state index contributed by atoms with van der Waals surface area (Å²) < 4.78 is 7.75. The van der Waals surface area contributed by atoms with E-state index in [-0.39, 0.29) is 0 Å². The zero-order valence-corrected chi connectivity index (χ0v) is 16.9. The van der Waals surface area contributed by atoms with Gasteiger partial charge < -0.3 is 4.42 Å². The summed E-state index contributed by atoms with van der Waals surface area (Å²) in [4.78, 5) is 0. The van der Waals surface area contributed by atoms with Crippen molar-refractivity contribution in [1.29, 1.82) is 0 Å². The lowest BCUT2D eigenvalue weighted by molar-refractivity contribution is 0.673. The molecule has 0 amide bonds. The van der Waals surface area contributed by atoms with Gasteiger partial charge in [-0.1, -0.05) is 66.7 Å². The summed E-state index contributed by atoms with van der Waals surface area (Å²) in [7, 11) is 0. The van der Waals surface area contributed by atoms with Crippen molar-refractivity contribution in [2.24, 2.45) is 0 Å². The predicted molar refractivity (Wildman–Crippen MR) is 130 cm³/mol. The molecule has 2 aromatic heterocycles. The monoisotopic (exact) mass is 400 g/mol. The van der Waals surface area contributed by atoms with Gasteiger partial charge in [-0.3, -0.25) is 0 Å². The molecule has 0 saturated carbocycles. The highest BCUT2D eigenvalue weighted by Gasteiger charge is 2.17. The summed E-state index contributed by atoms with van der Waals surface area (Å²) in [6.45, 7) is 0. The Morgan fingerprint density at radius 1 is 0.567 bits per heavy atom. The van der Waals surface area contributed by atoms with Crippen LogP contribution in [0.15, 0.2) is 101 Å². The number of benzene rings is 5. The molecular formula is C28H16OS. The lowest BCUT2D eigenvalue weighted by Crippen LogP contribution is -1.85. The van der Waals surface area contributed by atoms with Crippen LogP contribution in [0.5, 0.6) is 0 Å². The third kappa shape index (κ3) is 2.11. The minimum atomic E-state index is 0.940. The van der Waals surface area contributed by atoms with Crippen molar-refractivity contribution in [3.63, 3.8) is 0 Å². The van der Waals surface area contributed by atoms with Crippen molar-refractivity contribution in [1.82, 2.24) is 0 Å². The Hall–Kier alpha value is -3.62. The number of hydrogen-bond donors (Lipinski definition) is 0. The molecule has 0 spiro atoms. The highest BCUT2D eigenvalue weighted by Crippen LogP contribution is 2.44. The average Bonchev–Trinajstić information content (AvgIpc) is 3.40. The summed E-state index contributed by atoms with van der Waals surface area (Å²) in [5.74, 6) is 0. The molecule has 0 aliphatic carbocycles. The molecule has 5 aromatic carbocycles. The van der Waals surface area contributed by atoms with Crippen molar-refractivity contribution in [2.45, 2.75) is 0 Å². The standard InChI is InChI=1S/C28H16OS/c1-2-8-18-17(7-1)15-23(24-16-30-26-12-6-4-10-20(24)26)21-13-14-22-19-9-3-5-11-25(19)29-28(22)27(18)21/h1-16H. The number of thiophene rings is 1. The van der Waals surface area contributed by atoms with Gasteiger partial charge in [0.1, 0.15) is 11.2 Å². The van der Waals surface area contributed by atoms with Crippen LogP contribution in [-0.4, -0.2) is 0 Å². The highest BCUT2D eigenvalue weighted by atomic mass is 32.1. The fourth-order valence-corrected chi connectivity index (χ4v) is 5.73. The Morgan fingerprint density at radius 2 is 1.30 bits per heavy atom. The topological polar surface area (TPSA) is 13.1 Å². The van der Waals surface area contributed by atoms with Gasteiger partial charge in [0.25, 0.3) is 0 Å². The number of fused-ring (bicyclic) bond motifs is 8. The summed E-state index contributed by atoms with van der Waals surface area (Å²) in [6, 6.07) is 32.4. The number of hydrogen-bond acceptors (Lipinski definition) is 2. The third-order valence-corrected chi connectivity index (χ3v) is 7.10. The quantitative estimate of drug-likeness (QED) is 0.251. The number of furan rings is 1. The van der Waals surface area contributed by atoms with Crippen LogP contribution in [0.25, 0.3) is 64.7 Å². The first-order chi connectivity index (χ1) is 14.9. The average molecular weight is 401 g/mol. The van der Waals surface area contributed by atoms with Gasteiger partial charge in [0.15, 0.2) is 0 Å². The molecule has 0 saturated heterocycles. The first-order valence-corrected chi connectivity index (χ1v) is 11.0. The molecule has 2 heterocycles. The molecule has 0 radical (unpaired) electrons. The summed E-state index contributed by atoms with van der Waals surface area (Å²) in [5, 5.41) is 10.9. The normalized spacial score (nSPS) is 12.0. The summed E-state index contributed by atoms with van der Waals surface area (Å²) >= 11 is 1.81. The Balaban J connectivity index is 1.73. The van der Waals surface area contributed by atoms with E-state index in [1.54, 1.807) is 11.3 Å². The van der Waals surface area contributed by atoms with Gasteiger partial charge in [-0.25, -0.2) is 0 Å². The van der Waals surface area contributed by atoms with E-state index in [9.17, 15) is 0 Å². The second-order valence-electron chi connectivity index (χ2n) is 7.75. The van der Waals surface area contributed by atoms with E-state index in [1.165, 1.54) is 53.5 Å². The van der Waals surface area contributed by atoms with Crippen LogP contribution in [0.4, 0.5) is 0 Å². The molecule has 0 aliphatic rings. The Morgan fingerprint density at radius 3 is 2.23 bits per heavy atom. The van der Waals surface area contributed by atoms with Crippen LogP contribution in [0.3, 0.4) is 0 Å². The van der Waals surface area contributed by atoms with Crippen LogP contribution in [0, 0.1) is 0 Å². The molecule has 0 unspecified atom stereocenters. The van der Waals surface area contributed by atoms with Crippen LogP contribution >= 0.6 is 11.3 Å². The maximum atomic E-state index is 6.44. The Labute approximate surface area is 176 Å². The van der Waals surface area contributed by atoms with E-state index in [2.05, 4.69) is 90.3 Å². The molecule has 30 heavy (non-hydrogen) atoms. The van der Waals surface area contributed by atoms with Gasteiger partial charge in [0.05, 0.1) is 0 Å². The van der Waals surface area contributed by atoms with Gasteiger partial charge in [-0.2, -0.15) is 0 Å². The van der Waals surface area contributed by atoms with E-state index in [1.807, 2.05) is 6.07 Å². The molecule has 7 rings (SSSR count). The number of para-hydroxylation sites is 1. The molecule has 0 bridgehead atoms. The molecule has 0 atom stereocenters. The third-order valence-electron chi connectivity index (χ3n) is 6.14. The lowest BCUT2D eigenvalue weighted by Gasteiger charge is -2.11. The van der Waals surface area contributed by atoms with Gasteiger partial charge in [-0.05, 0) is 51.4 Å².